The summed E-state index contributed by atoms with van der Waals surface area (Å²) in [7, 11) is 3.93. The topological polar surface area (TPSA) is 36.9 Å². The summed E-state index contributed by atoms with van der Waals surface area (Å²) in [6, 6.07) is 10.5. The van der Waals surface area contributed by atoms with E-state index in [4.69, 9.17) is 4.74 Å². The minimum absolute atomic E-state index is 0.266. The van der Waals surface area contributed by atoms with E-state index in [0.717, 1.165) is 45.1 Å². The predicted octanol–water partition coefficient (Wildman–Crippen LogP) is 2.61. The summed E-state index contributed by atoms with van der Waals surface area (Å²) in [4.78, 5) is 6.59. The van der Waals surface area contributed by atoms with Crippen LogP contribution in [0.4, 0.5) is 0 Å². The van der Waals surface area contributed by atoms with Crippen molar-refractivity contribution < 1.29 is 4.74 Å². The lowest BCUT2D eigenvalue weighted by Gasteiger charge is -2.37. The van der Waals surface area contributed by atoms with Crippen molar-refractivity contribution in [2.75, 3.05) is 40.1 Å². The van der Waals surface area contributed by atoms with Crippen LogP contribution in [0.5, 0.6) is 0 Å². The van der Waals surface area contributed by atoms with E-state index in [1.165, 1.54) is 5.56 Å². The standard InChI is InChI=1S/C17H27N3OS/c1-18-16(20(2)13-15-7-5-4-6-8-15)19-14-17(22-3)9-11-21-12-10-17/h4-8H,9-14H2,1-3H3,(H,18,19). The first-order valence-electron chi connectivity index (χ1n) is 7.78. The van der Waals surface area contributed by atoms with E-state index in [1.54, 1.807) is 0 Å². The molecule has 1 saturated heterocycles. The van der Waals surface area contributed by atoms with E-state index in [0.29, 0.717) is 0 Å². The van der Waals surface area contributed by atoms with Gasteiger partial charge in [0.05, 0.1) is 0 Å². The van der Waals surface area contributed by atoms with Gasteiger partial charge in [-0.1, -0.05) is 30.3 Å². The summed E-state index contributed by atoms with van der Waals surface area (Å²) in [6.45, 7) is 3.52. The monoisotopic (exact) mass is 321 g/mol. The molecule has 0 aliphatic carbocycles. The van der Waals surface area contributed by atoms with Crippen molar-refractivity contribution in [1.82, 2.24) is 10.2 Å². The Morgan fingerprint density at radius 3 is 2.59 bits per heavy atom. The van der Waals surface area contributed by atoms with Gasteiger partial charge in [0.25, 0.3) is 0 Å². The Kier molecular flexibility index (Phi) is 6.58. The molecule has 1 aliphatic heterocycles. The minimum atomic E-state index is 0.266. The first kappa shape index (κ1) is 17.2. The summed E-state index contributed by atoms with van der Waals surface area (Å²) in [5, 5.41) is 3.55. The molecule has 1 N–H and O–H groups in total. The van der Waals surface area contributed by atoms with Crippen molar-refractivity contribution in [1.29, 1.82) is 0 Å². The molecule has 0 bridgehead atoms. The fraction of sp³-hybridized carbons (Fsp3) is 0.588. The quantitative estimate of drug-likeness (QED) is 0.668. The molecular formula is C17H27N3OS. The van der Waals surface area contributed by atoms with Gasteiger partial charge in [0.1, 0.15) is 0 Å². The van der Waals surface area contributed by atoms with Gasteiger partial charge < -0.3 is 15.0 Å². The lowest BCUT2D eigenvalue weighted by atomic mass is 9.99. The van der Waals surface area contributed by atoms with E-state index in [2.05, 4.69) is 52.8 Å². The third kappa shape index (κ3) is 4.65. The smallest absolute Gasteiger partial charge is 0.193 e. The highest BCUT2D eigenvalue weighted by Crippen LogP contribution is 2.33. The fourth-order valence-corrected chi connectivity index (χ4v) is 3.54. The highest BCUT2D eigenvalue weighted by Gasteiger charge is 2.32. The number of aliphatic imine (C=N–C) groups is 1. The molecule has 1 fully saturated rings. The molecule has 0 atom stereocenters. The second-order valence-electron chi connectivity index (χ2n) is 5.74. The minimum Gasteiger partial charge on any atom is -0.381 e. The number of thioether (sulfide) groups is 1. The van der Waals surface area contributed by atoms with E-state index in [1.807, 2.05) is 24.9 Å². The van der Waals surface area contributed by atoms with Crippen molar-refractivity contribution in [3.8, 4) is 0 Å². The van der Waals surface area contributed by atoms with Crippen LogP contribution >= 0.6 is 11.8 Å². The van der Waals surface area contributed by atoms with Gasteiger partial charge in [-0.3, -0.25) is 4.99 Å². The van der Waals surface area contributed by atoms with Crippen LogP contribution in [0.15, 0.2) is 35.3 Å². The van der Waals surface area contributed by atoms with Gasteiger partial charge in [-0.15, -0.1) is 0 Å². The summed E-state index contributed by atoms with van der Waals surface area (Å²) >= 11 is 1.95. The maximum absolute atomic E-state index is 5.50. The Hall–Kier alpha value is -1.20. The molecule has 0 unspecified atom stereocenters. The van der Waals surface area contributed by atoms with Crippen LogP contribution in [-0.2, 0) is 11.3 Å². The van der Waals surface area contributed by atoms with Crippen molar-refractivity contribution in [2.45, 2.75) is 24.1 Å². The summed E-state index contributed by atoms with van der Waals surface area (Å²) < 4.78 is 5.77. The lowest BCUT2D eigenvalue weighted by Crippen LogP contribution is -2.48. The van der Waals surface area contributed by atoms with Crippen LogP contribution in [0.25, 0.3) is 0 Å². The molecule has 0 aromatic heterocycles. The molecule has 0 saturated carbocycles. The third-order valence-corrected chi connectivity index (χ3v) is 5.66. The summed E-state index contributed by atoms with van der Waals surface area (Å²) in [5.74, 6) is 0.948. The molecule has 1 aromatic rings. The van der Waals surface area contributed by atoms with Gasteiger partial charge in [-0.25, -0.2) is 0 Å². The molecule has 22 heavy (non-hydrogen) atoms. The maximum atomic E-state index is 5.50. The zero-order valence-corrected chi connectivity index (χ0v) is 14.7. The Balaban J connectivity index is 1.91. The molecule has 122 valence electrons. The van der Waals surface area contributed by atoms with Gasteiger partial charge in [0.15, 0.2) is 5.96 Å². The van der Waals surface area contributed by atoms with E-state index in [9.17, 15) is 0 Å². The van der Waals surface area contributed by atoms with Crippen LogP contribution < -0.4 is 5.32 Å². The second-order valence-corrected chi connectivity index (χ2v) is 7.02. The number of rotatable bonds is 5. The Morgan fingerprint density at radius 2 is 2.00 bits per heavy atom. The molecule has 0 amide bonds. The average molecular weight is 321 g/mol. The maximum Gasteiger partial charge on any atom is 0.193 e. The fourth-order valence-electron chi connectivity index (χ4n) is 2.75. The van der Waals surface area contributed by atoms with Crippen LogP contribution in [0.2, 0.25) is 0 Å². The largest absolute Gasteiger partial charge is 0.381 e. The number of nitrogens with zero attached hydrogens (tertiary/aromatic N) is 2. The molecule has 2 rings (SSSR count). The van der Waals surface area contributed by atoms with Gasteiger partial charge >= 0.3 is 0 Å². The first-order chi connectivity index (χ1) is 10.7. The number of guanidine groups is 1. The van der Waals surface area contributed by atoms with Crippen LogP contribution in [0, 0.1) is 0 Å². The number of ether oxygens (including phenoxy) is 1. The van der Waals surface area contributed by atoms with Crippen molar-refractivity contribution in [3.05, 3.63) is 35.9 Å². The van der Waals surface area contributed by atoms with E-state index in [-0.39, 0.29) is 4.75 Å². The SMILES string of the molecule is CN=C(NCC1(SC)CCOCC1)N(C)Cc1ccccc1. The highest BCUT2D eigenvalue weighted by molar-refractivity contribution is 8.00. The van der Waals surface area contributed by atoms with Crippen molar-refractivity contribution in [2.24, 2.45) is 4.99 Å². The zero-order valence-electron chi connectivity index (χ0n) is 13.8. The second kappa shape index (κ2) is 8.44. The third-order valence-electron chi connectivity index (χ3n) is 4.24. The molecule has 1 aromatic carbocycles. The lowest BCUT2D eigenvalue weighted by molar-refractivity contribution is 0.0781. The average Bonchev–Trinajstić information content (AvgIpc) is 2.57. The first-order valence-corrected chi connectivity index (χ1v) is 9.00. The Labute approximate surface area is 138 Å². The molecule has 1 aliphatic rings. The summed E-state index contributed by atoms with van der Waals surface area (Å²) in [5.41, 5.74) is 1.29. The van der Waals surface area contributed by atoms with E-state index >= 15 is 0 Å². The molecule has 1 heterocycles. The zero-order chi connectivity index (χ0) is 15.8. The van der Waals surface area contributed by atoms with Crippen LogP contribution in [0.1, 0.15) is 18.4 Å². The number of benzene rings is 1. The van der Waals surface area contributed by atoms with Crippen molar-refractivity contribution >= 4 is 17.7 Å². The Bertz CT molecular complexity index is 472. The van der Waals surface area contributed by atoms with E-state index < -0.39 is 0 Å². The van der Waals surface area contributed by atoms with Gasteiger partial charge in [0, 0.05) is 45.1 Å². The predicted molar refractivity (Wildman–Crippen MR) is 95.6 cm³/mol. The molecule has 0 radical (unpaired) electrons. The molecular weight excluding hydrogens is 294 g/mol. The van der Waals surface area contributed by atoms with Crippen LogP contribution in [0.3, 0.4) is 0 Å². The molecule has 5 heteroatoms. The van der Waals surface area contributed by atoms with Gasteiger partial charge in [-0.2, -0.15) is 11.8 Å². The summed E-state index contributed by atoms with van der Waals surface area (Å²) in [6.07, 6.45) is 4.39. The Morgan fingerprint density at radius 1 is 1.32 bits per heavy atom. The molecule has 4 nitrogen and oxygen atoms in total. The number of hydrogen-bond acceptors (Lipinski definition) is 3. The van der Waals surface area contributed by atoms with Crippen molar-refractivity contribution in [3.63, 3.8) is 0 Å². The van der Waals surface area contributed by atoms with Gasteiger partial charge in [0.2, 0.25) is 0 Å². The molecule has 0 spiro atoms. The number of nitrogens with one attached hydrogen (secondary N) is 1. The normalized spacial score (nSPS) is 18.0. The van der Waals surface area contributed by atoms with Crippen LogP contribution in [-0.4, -0.2) is 55.7 Å². The highest BCUT2D eigenvalue weighted by atomic mass is 32.2. The number of hydrogen-bond donors (Lipinski definition) is 1. The van der Waals surface area contributed by atoms with Gasteiger partial charge in [-0.05, 0) is 24.7 Å².